The molecule has 1 amide bonds. The van der Waals surface area contributed by atoms with Crippen LogP contribution in [0.5, 0.6) is 5.75 Å². The third kappa shape index (κ3) is 3.83. The molecule has 3 aliphatic carbocycles. The fraction of sp³-hybridized carbons (Fsp3) is 0.414. The minimum absolute atomic E-state index is 0.0810. The van der Waals surface area contributed by atoms with E-state index in [0.29, 0.717) is 17.7 Å². The Morgan fingerprint density at radius 1 is 1.23 bits per heavy atom. The molecule has 7 N–H and O–H groups in total. The number of carbonyl (C=O) groups is 3. The van der Waals surface area contributed by atoms with Gasteiger partial charge in [-0.15, -0.1) is 0 Å². The third-order valence-corrected chi connectivity index (χ3v) is 8.74. The number of phenolic OH excluding ortho intramolecular Hbond substituents is 1. The van der Waals surface area contributed by atoms with Crippen LogP contribution < -0.4 is 16.0 Å². The number of aliphatic hydroxyl groups is 3. The van der Waals surface area contributed by atoms with Crippen molar-refractivity contribution < 1.29 is 34.8 Å². The lowest BCUT2D eigenvalue weighted by atomic mass is 9.56. The number of anilines is 1. The van der Waals surface area contributed by atoms with Gasteiger partial charge in [-0.25, -0.2) is 0 Å². The molecule has 11 nitrogen and oxygen atoms in total. The number of nitrogens with two attached hydrogens (primary N) is 1. The molecule has 0 aliphatic heterocycles. The molecule has 4 atom stereocenters. The summed E-state index contributed by atoms with van der Waals surface area (Å²) in [5.41, 5.74) is 4.74. The number of aromatic nitrogens is 1. The maximum absolute atomic E-state index is 13.9. The van der Waals surface area contributed by atoms with E-state index in [1.807, 2.05) is 55.0 Å². The van der Waals surface area contributed by atoms with Crippen molar-refractivity contribution >= 4 is 28.9 Å². The second-order valence-electron chi connectivity index (χ2n) is 11.2. The second kappa shape index (κ2) is 9.53. The average Bonchev–Trinajstić information content (AvgIpc) is 3.29. The van der Waals surface area contributed by atoms with Crippen LogP contribution in [0.2, 0.25) is 0 Å². The van der Waals surface area contributed by atoms with Gasteiger partial charge in [0, 0.05) is 74.8 Å². The normalized spacial score (nSPS) is 26.0. The number of aliphatic hydroxyl groups excluding tert-OH is 2. The van der Waals surface area contributed by atoms with Crippen LogP contribution in [0.15, 0.2) is 41.3 Å². The summed E-state index contributed by atoms with van der Waals surface area (Å²) in [7, 11) is 5.61. The van der Waals surface area contributed by atoms with E-state index in [1.165, 1.54) is 6.92 Å². The summed E-state index contributed by atoms with van der Waals surface area (Å²) >= 11 is 0. The van der Waals surface area contributed by atoms with Gasteiger partial charge in [0.1, 0.15) is 22.8 Å². The van der Waals surface area contributed by atoms with E-state index < -0.39 is 57.9 Å². The number of aromatic hydroxyl groups is 1. The number of amides is 1. The molecule has 0 unspecified atom stereocenters. The summed E-state index contributed by atoms with van der Waals surface area (Å²) in [6, 6.07) is 5.74. The van der Waals surface area contributed by atoms with E-state index in [4.69, 9.17) is 5.73 Å². The SMILES string of the molecule is C[C@@H]1C(=O)C(C(N)=O)=C(O)[C@@]2(O)C(=O)C3=C(O)c4c(O)c(CNCc5cccn5C)cc(N(C)C)c4C[C@H]3C[C@@H]12. The van der Waals surface area contributed by atoms with Gasteiger partial charge in [0.2, 0.25) is 5.78 Å². The number of nitrogens with one attached hydrogen (secondary N) is 1. The zero-order chi connectivity index (χ0) is 29.3. The monoisotopic (exact) mass is 550 g/mol. The number of Topliss-reactive ketones (excluding diaryl/α,β-unsaturated/α-hetero) is 2. The molecule has 3 aliphatic rings. The summed E-state index contributed by atoms with van der Waals surface area (Å²) in [6.07, 6.45) is 2.26. The largest absolute Gasteiger partial charge is 0.508 e. The first-order valence-electron chi connectivity index (χ1n) is 13.1. The number of benzene rings is 1. The summed E-state index contributed by atoms with van der Waals surface area (Å²) in [4.78, 5) is 40.6. The van der Waals surface area contributed by atoms with Crippen LogP contribution in [-0.4, -0.2) is 62.2 Å². The maximum atomic E-state index is 13.9. The molecule has 0 radical (unpaired) electrons. The molecule has 1 saturated carbocycles. The lowest BCUT2D eigenvalue weighted by Crippen LogP contribution is -2.61. The quantitative estimate of drug-likeness (QED) is 0.290. The van der Waals surface area contributed by atoms with E-state index in [0.717, 1.165) is 11.4 Å². The smallest absolute Gasteiger partial charge is 0.255 e. The van der Waals surface area contributed by atoms with E-state index in [1.54, 1.807) is 0 Å². The molecular formula is C29H34N4O7. The van der Waals surface area contributed by atoms with Crippen molar-refractivity contribution in [2.75, 3.05) is 19.0 Å². The predicted octanol–water partition coefficient (Wildman–Crippen LogP) is 1.36. The van der Waals surface area contributed by atoms with Crippen LogP contribution in [-0.2, 0) is 40.9 Å². The first-order valence-corrected chi connectivity index (χ1v) is 13.1. The zero-order valence-electron chi connectivity index (χ0n) is 22.9. The van der Waals surface area contributed by atoms with Crippen molar-refractivity contribution in [3.05, 3.63) is 63.7 Å². The van der Waals surface area contributed by atoms with Crippen molar-refractivity contribution in [2.45, 2.75) is 38.5 Å². The Hall–Kier alpha value is -4.09. The highest BCUT2D eigenvalue weighted by Gasteiger charge is 2.62. The summed E-state index contributed by atoms with van der Waals surface area (Å²) < 4.78 is 1.97. The van der Waals surface area contributed by atoms with Crippen LogP contribution in [0.1, 0.15) is 35.7 Å². The Kier molecular flexibility index (Phi) is 6.54. The lowest BCUT2D eigenvalue weighted by molar-refractivity contribution is -0.152. The topological polar surface area (TPSA) is 178 Å². The number of phenols is 1. The van der Waals surface area contributed by atoms with Crippen LogP contribution >= 0.6 is 0 Å². The van der Waals surface area contributed by atoms with Crippen molar-refractivity contribution in [1.29, 1.82) is 0 Å². The highest BCUT2D eigenvalue weighted by Crippen LogP contribution is 2.54. The highest BCUT2D eigenvalue weighted by molar-refractivity contribution is 6.23. The molecule has 1 heterocycles. The number of hydrogen-bond donors (Lipinski definition) is 6. The lowest BCUT2D eigenvalue weighted by Gasteiger charge is -2.48. The standard InChI is InChI=1S/C29H34N4O7/c1-13-18-9-14-8-17-19(32(2)3)10-15(11-31-12-16-6-5-7-33(16)4)24(35)21(17)25(36)20(14)26(37)29(18,40)27(38)22(23(13)34)28(30)39/h5-7,10,13-14,18,31,35-36,38,40H,8-9,11-12H2,1-4H3,(H2,30,39)/t13-,14-,18-,29-/m0/s1. The maximum Gasteiger partial charge on any atom is 0.255 e. The second-order valence-corrected chi connectivity index (χ2v) is 11.2. The Balaban J connectivity index is 1.61. The Morgan fingerprint density at radius 2 is 1.93 bits per heavy atom. The van der Waals surface area contributed by atoms with Gasteiger partial charge in [-0.3, -0.25) is 14.4 Å². The van der Waals surface area contributed by atoms with Gasteiger partial charge in [0.05, 0.1) is 5.56 Å². The first kappa shape index (κ1) is 27.5. The predicted molar refractivity (Wildman–Crippen MR) is 146 cm³/mol. The molecule has 2 aromatic rings. The molecule has 0 bridgehead atoms. The molecule has 40 heavy (non-hydrogen) atoms. The van der Waals surface area contributed by atoms with Crippen LogP contribution in [0.3, 0.4) is 0 Å². The van der Waals surface area contributed by atoms with Crippen molar-refractivity contribution in [2.24, 2.45) is 30.5 Å². The van der Waals surface area contributed by atoms with E-state index in [9.17, 15) is 34.8 Å². The fourth-order valence-corrected chi connectivity index (χ4v) is 6.58. The van der Waals surface area contributed by atoms with E-state index in [2.05, 4.69) is 5.32 Å². The molecule has 0 spiro atoms. The fourth-order valence-electron chi connectivity index (χ4n) is 6.58. The number of rotatable bonds is 6. The molecule has 11 heteroatoms. The number of nitrogens with zero attached hydrogens (tertiary/aromatic N) is 2. The van der Waals surface area contributed by atoms with Gasteiger partial charge in [0.25, 0.3) is 5.91 Å². The molecule has 5 rings (SSSR count). The van der Waals surface area contributed by atoms with Crippen molar-refractivity contribution in [1.82, 2.24) is 9.88 Å². The molecule has 212 valence electrons. The van der Waals surface area contributed by atoms with Gasteiger partial charge in [0.15, 0.2) is 11.4 Å². The number of ketones is 2. The molecular weight excluding hydrogens is 516 g/mol. The summed E-state index contributed by atoms with van der Waals surface area (Å²) in [5.74, 6) is -7.37. The van der Waals surface area contributed by atoms with E-state index >= 15 is 0 Å². The first-order chi connectivity index (χ1) is 18.8. The van der Waals surface area contributed by atoms with Crippen LogP contribution in [0, 0.1) is 17.8 Å². The van der Waals surface area contributed by atoms with Gasteiger partial charge >= 0.3 is 0 Å². The van der Waals surface area contributed by atoms with Gasteiger partial charge < -0.3 is 40.9 Å². The highest BCUT2D eigenvalue weighted by atomic mass is 16.3. The van der Waals surface area contributed by atoms with Crippen molar-refractivity contribution in [3.63, 3.8) is 0 Å². The molecule has 1 aromatic heterocycles. The molecule has 1 aromatic carbocycles. The minimum Gasteiger partial charge on any atom is -0.508 e. The number of hydrogen-bond acceptors (Lipinski definition) is 9. The summed E-state index contributed by atoms with van der Waals surface area (Å²) in [5, 5.41) is 48.6. The van der Waals surface area contributed by atoms with Crippen LogP contribution in [0.25, 0.3) is 5.76 Å². The van der Waals surface area contributed by atoms with Crippen LogP contribution in [0.4, 0.5) is 5.69 Å². The number of primary amides is 1. The number of fused-ring (bicyclic) bond motifs is 3. The Morgan fingerprint density at radius 3 is 2.52 bits per heavy atom. The number of aryl methyl sites for hydroxylation is 1. The Labute approximate surface area is 231 Å². The zero-order valence-corrected chi connectivity index (χ0v) is 22.9. The molecule has 0 saturated heterocycles. The Bertz CT molecular complexity index is 1520. The minimum atomic E-state index is -2.61. The number of carbonyl (C=O) groups excluding carboxylic acids is 3. The average molecular weight is 551 g/mol. The van der Waals surface area contributed by atoms with Crippen molar-refractivity contribution in [3.8, 4) is 5.75 Å². The third-order valence-electron chi connectivity index (χ3n) is 8.74. The molecule has 1 fully saturated rings. The van der Waals surface area contributed by atoms with E-state index in [-0.39, 0.29) is 36.3 Å². The van der Waals surface area contributed by atoms with Gasteiger partial charge in [-0.05, 0) is 42.5 Å². The van der Waals surface area contributed by atoms with Gasteiger partial charge in [-0.2, -0.15) is 0 Å². The summed E-state index contributed by atoms with van der Waals surface area (Å²) in [6.45, 7) is 2.28. The van der Waals surface area contributed by atoms with Gasteiger partial charge in [-0.1, -0.05) is 6.92 Å².